The third-order valence-corrected chi connectivity index (χ3v) is 6.91. The average molecular weight is 378 g/mol. The van der Waals surface area contributed by atoms with E-state index in [1.165, 1.54) is 10.4 Å². The van der Waals surface area contributed by atoms with Crippen LogP contribution in [0.5, 0.6) is 5.75 Å². The standard InChI is InChI=1S/C22H22N2O2S/c1-12-7-9-15-17(11-12)27-22-19(15)21(25)23-20(24-22)18-14-6-4-3-5-13(14)8-10-16(18)26-2/h3-6,8,10,12,20,24H,7,9,11H2,1-2H3,(H,23,25). The minimum atomic E-state index is -0.302. The number of amides is 1. The molecule has 0 saturated carbocycles. The summed E-state index contributed by atoms with van der Waals surface area (Å²) >= 11 is 1.75. The van der Waals surface area contributed by atoms with Crippen molar-refractivity contribution in [3.8, 4) is 5.75 Å². The van der Waals surface area contributed by atoms with E-state index in [4.69, 9.17) is 4.74 Å². The Labute approximate surface area is 162 Å². The second-order valence-electron chi connectivity index (χ2n) is 7.51. The summed E-state index contributed by atoms with van der Waals surface area (Å²) in [6.07, 6.45) is 2.93. The van der Waals surface area contributed by atoms with Crippen molar-refractivity contribution < 1.29 is 9.53 Å². The van der Waals surface area contributed by atoms with Crippen molar-refractivity contribution in [2.75, 3.05) is 12.4 Å². The Bertz CT molecular complexity index is 1060. The molecule has 5 heteroatoms. The van der Waals surface area contributed by atoms with Gasteiger partial charge in [-0.3, -0.25) is 4.79 Å². The zero-order valence-corrected chi connectivity index (χ0v) is 16.3. The van der Waals surface area contributed by atoms with Gasteiger partial charge in [0.25, 0.3) is 5.91 Å². The van der Waals surface area contributed by atoms with Crippen molar-refractivity contribution in [2.24, 2.45) is 5.92 Å². The van der Waals surface area contributed by atoms with Crippen molar-refractivity contribution in [3.63, 3.8) is 0 Å². The summed E-state index contributed by atoms with van der Waals surface area (Å²) in [5, 5.41) is 9.99. The van der Waals surface area contributed by atoms with Crippen LogP contribution in [-0.2, 0) is 12.8 Å². The van der Waals surface area contributed by atoms with Crippen molar-refractivity contribution in [3.05, 3.63) is 58.0 Å². The molecule has 0 bridgehead atoms. The molecule has 0 spiro atoms. The van der Waals surface area contributed by atoms with Crippen LogP contribution in [0, 0.1) is 5.92 Å². The topological polar surface area (TPSA) is 50.4 Å². The van der Waals surface area contributed by atoms with E-state index in [1.807, 2.05) is 18.2 Å². The van der Waals surface area contributed by atoms with Crippen molar-refractivity contribution in [2.45, 2.75) is 32.4 Å². The fourth-order valence-electron chi connectivity index (χ4n) is 4.36. The Hall–Kier alpha value is -2.53. The van der Waals surface area contributed by atoms with Crippen LogP contribution < -0.4 is 15.4 Å². The van der Waals surface area contributed by atoms with Crippen LogP contribution >= 0.6 is 11.3 Å². The molecule has 4 nitrogen and oxygen atoms in total. The molecule has 138 valence electrons. The van der Waals surface area contributed by atoms with Crippen molar-refractivity contribution >= 4 is 33.0 Å². The van der Waals surface area contributed by atoms with Gasteiger partial charge in [-0.05, 0) is 47.6 Å². The molecule has 2 unspecified atom stereocenters. The Balaban J connectivity index is 1.62. The summed E-state index contributed by atoms with van der Waals surface area (Å²) in [7, 11) is 1.68. The van der Waals surface area contributed by atoms with Crippen LogP contribution in [-0.4, -0.2) is 13.0 Å². The molecule has 2 heterocycles. The summed E-state index contributed by atoms with van der Waals surface area (Å²) in [5.74, 6) is 1.50. The van der Waals surface area contributed by atoms with Crippen molar-refractivity contribution in [1.82, 2.24) is 5.32 Å². The predicted octanol–water partition coefficient (Wildman–Crippen LogP) is 4.89. The molecule has 5 rings (SSSR count). The normalized spacial score (nSPS) is 21.2. The fraction of sp³-hybridized carbons (Fsp3) is 0.318. The summed E-state index contributed by atoms with van der Waals surface area (Å²) < 4.78 is 5.64. The van der Waals surface area contributed by atoms with E-state index in [9.17, 15) is 4.79 Å². The number of benzene rings is 2. The van der Waals surface area contributed by atoms with Gasteiger partial charge in [-0.1, -0.05) is 37.3 Å². The number of nitrogens with one attached hydrogen (secondary N) is 2. The summed E-state index contributed by atoms with van der Waals surface area (Å²) in [6.45, 7) is 2.29. The van der Waals surface area contributed by atoms with E-state index in [1.54, 1.807) is 18.4 Å². The Morgan fingerprint density at radius 3 is 2.85 bits per heavy atom. The van der Waals surface area contributed by atoms with Crippen molar-refractivity contribution in [1.29, 1.82) is 0 Å². The van der Waals surface area contributed by atoms with Crippen LogP contribution in [0.1, 0.15) is 45.9 Å². The molecule has 1 aliphatic carbocycles. The smallest absolute Gasteiger partial charge is 0.256 e. The number of methoxy groups -OCH3 is 1. The van der Waals surface area contributed by atoms with Gasteiger partial charge < -0.3 is 15.4 Å². The molecule has 1 amide bonds. The Morgan fingerprint density at radius 1 is 1.15 bits per heavy atom. The van der Waals surface area contributed by atoms with Gasteiger partial charge in [-0.25, -0.2) is 0 Å². The number of hydrogen-bond donors (Lipinski definition) is 2. The number of carbonyl (C=O) groups is 1. The molecule has 0 radical (unpaired) electrons. The van der Waals surface area contributed by atoms with Gasteiger partial charge in [0.2, 0.25) is 0 Å². The first-order chi connectivity index (χ1) is 13.2. The number of ether oxygens (including phenoxy) is 1. The molecule has 0 saturated heterocycles. The molecule has 3 aromatic rings. The van der Waals surface area contributed by atoms with E-state index in [-0.39, 0.29) is 12.1 Å². The third kappa shape index (κ3) is 2.60. The molecular formula is C22H22N2O2S. The zero-order chi connectivity index (χ0) is 18.5. The van der Waals surface area contributed by atoms with E-state index in [0.29, 0.717) is 5.92 Å². The monoisotopic (exact) mass is 378 g/mol. The first-order valence-electron chi connectivity index (χ1n) is 9.43. The Kier molecular flexibility index (Phi) is 3.86. The van der Waals surface area contributed by atoms with Crippen LogP contribution in [0.15, 0.2) is 36.4 Å². The zero-order valence-electron chi connectivity index (χ0n) is 15.5. The van der Waals surface area contributed by atoms with Gasteiger partial charge in [-0.15, -0.1) is 11.3 Å². The van der Waals surface area contributed by atoms with Crippen LogP contribution in [0.3, 0.4) is 0 Å². The van der Waals surface area contributed by atoms with E-state index >= 15 is 0 Å². The lowest BCUT2D eigenvalue weighted by Gasteiger charge is -2.29. The highest BCUT2D eigenvalue weighted by atomic mass is 32.1. The van der Waals surface area contributed by atoms with E-state index < -0.39 is 0 Å². The molecule has 0 fully saturated rings. The van der Waals surface area contributed by atoms with Gasteiger partial charge in [0, 0.05) is 10.4 Å². The summed E-state index contributed by atoms with van der Waals surface area (Å²) in [5.41, 5.74) is 3.09. The highest BCUT2D eigenvalue weighted by Crippen LogP contribution is 2.44. The molecule has 1 aromatic heterocycles. The highest BCUT2D eigenvalue weighted by molar-refractivity contribution is 7.16. The average Bonchev–Trinajstić information content (AvgIpc) is 3.04. The second kappa shape index (κ2) is 6.27. The molecule has 2 aliphatic rings. The SMILES string of the molecule is COc1ccc2ccccc2c1C1NC(=O)c2c(sc3c2CCC(C)C3)N1. The maximum absolute atomic E-state index is 13.0. The third-order valence-electron chi connectivity index (χ3n) is 5.73. The largest absolute Gasteiger partial charge is 0.496 e. The number of fused-ring (bicyclic) bond motifs is 4. The quantitative estimate of drug-likeness (QED) is 0.668. The minimum absolute atomic E-state index is 0.0239. The lowest BCUT2D eigenvalue weighted by Crippen LogP contribution is -2.38. The molecule has 1 aliphatic heterocycles. The van der Waals surface area contributed by atoms with Gasteiger partial charge in [0.1, 0.15) is 16.9 Å². The van der Waals surface area contributed by atoms with Crippen LogP contribution in [0.2, 0.25) is 0 Å². The fourth-order valence-corrected chi connectivity index (χ4v) is 5.80. The lowest BCUT2D eigenvalue weighted by molar-refractivity contribution is 0.0935. The number of carbonyl (C=O) groups excluding carboxylic acids is 1. The highest BCUT2D eigenvalue weighted by Gasteiger charge is 2.34. The Morgan fingerprint density at radius 2 is 2.00 bits per heavy atom. The van der Waals surface area contributed by atoms with Gasteiger partial charge >= 0.3 is 0 Å². The molecule has 2 atom stereocenters. The number of hydrogen-bond acceptors (Lipinski definition) is 4. The van der Waals surface area contributed by atoms with Crippen LogP contribution in [0.4, 0.5) is 5.00 Å². The number of thiophene rings is 1. The van der Waals surface area contributed by atoms with Gasteiger partial charge in [0.05, 0.1) is 12.7 Å². The summed E-state index contributed by atoms with van der Waals surface area (Å²) in [4.78, 5) is 14.4. The molecule has 27 heavy (non-hydrogen) atoms. The summed E-state index contributed by atoms with van der Waals surface area (Å²) in [6, 6.07) is 12.2. The van der Waals surface area contributed by atoms with Gasteiger partial charge in [-0.2, -0.15) is 0 Å². The first kappa shape index (κ1) is 16.6. The van der Waals surface area contributed by atoms with Crippen LogP contribution in [0.25, 0.3) is 10.8 Å². The second-order valence-corrected chi connectivity index (χ2v) is 8.61. The maximum Gasteiger partial charge on any atom is 0.256 e. The predicted molar refractivity (Wildman–Crippen MR) is 110 cm³/mol. The molecule has 2 N–H and O–H groups in total. The van der Waals surface area contributed by atoms with E-state index in [0.717, 1.165) is 51.9 Å². The number of anilines is 1. The first-order valence-corrected chi connectivity index (χ1v) is 10.2. The number of rotatable bonds is 2. The van der Waals surface area contributed by atoms with E-state index in [2.05, 4.69) is 35.8 Å². The minimum Gasteiger partial charge on any atom is -0.496 e. The van der Waals surface area contributed by atoms with Gasteiger partial charge in [0.15, 0.2) is 0 Å². The lowest BCUT2D eigenvalue weighted by atomic mass is 9.88. The molecule has 2 aromatic carbocycles. The maximum atomic E-state index is 13.0. The molecular weight excluding hydrogens is 356 g/mol.